The molecule has 0 bridgehead atoms. The number of hydrogen-bond acceptors (Lipinski definition) is 2. The molecule has 0 spiro atoms. The summed E-state index contributed by atoms with van der Waals surface area (Å²) in [6.45, 7) is 5.03. The topological polar surface area (TPSA) is 29.5 Å². The second-order valence-corrected chi connectivity index (χ2v) is 6.68. The van der Waals surface area contributed by atoms with Gasteiger partial charge in [0, 0.05) is 17.4 Å². The minimum atomic E-state index is -0.476. The summed E-state index contributed by atoms with van der Waals surface area (Å²) in [5, 5.41) is 0. The number of hydrogen-bond donors (Lipinski definition) is 0. The minimum absolute atomic E-state index is 0.191. The van der Waals surface area contributed by atoms with Crippen molar-refractivity contribution in [3.05, 3.63) is 35.9 Å². The molecule has 1 amide bonds. The quantitative estimate of drug-likeness (QED) is 0.827. The van der Waals surface area contributed by atoms with Crippen LogP contribution in [-0.4, -0.2) is 23.5 Å². The minimum Gasteiger partial charge on any atom is -0.349 e. The lowest BCUT2D eigenvalue weighted by molar-refractivity contribution is -0.144. The molecule has 1 aliphatic carbocycles. The number of rotatable bonds is 2. The third-order valence-corrected chi connectivity index (χ3v) is 5.45. The zero-order chi connectivity index (χ0) is 13.9. The molecule has 4 rings (SSSR count). The van der Waals surface area contributed by atoms with Crippen molar-refractivity contribution in [2.45, 2.75) is 38.5 Å². The summed E-state index contributed by atoms with van der Waals surface area (Å²) in [6, 6.07) is 10.6. The monoisotopic (exact) mass is 271 g/mol. The highest BCUT2D eigenvalue weighted by Gasteiger charge is 2.68. The van der Waals surface area contributed by atoms with Gasteiger partial charge in [0.15, 0.2) is 5.72 Å². The molecule has 1 aromatic rings. The molecule has 106 valence electrons. The van der Waals surface area contributed by atoms with Crippen molar-refractivity contribution in [2.24, 2.45) is 17.8 Å². The van der Waals surface area contributed by atoms with Crippen LogP contribution in [0.25, 0.3) is 0 Å². The number of amides is 1. The lowest BCUT2D eigenvalue weighted by Gasteiger charge is -2.41. The maximum atomic E-state index is 12.8. The SMILES string of the molecule is CC(C)[C@H]1COC2(c3ccccc3)C3CCC3C(=O)N12. The van der Waals surface area contributed by atoms with Crippen molar-refractivity contribution in [1.82, 2.24) is 4.90 Å². The van der Waals surface area contributed by atoms with Crippen molar-refractivity contribution >= 4 is 5.91 Å². The van der Waals surface area contributed by atoms with Crippen LogP contribution in [0, 0.1) is 17.8 Å². The molecule has 1 saturated carbocycles. The molecule has 20 heavy (non-hydrogen) atoms. The van der Waals surface area contributed by atoms with E-state index in [-0.39, 0.29) is 12.0 Å². The first kappa shape index (κ1) is 12.4. The fourth-order valence-electron chi connectivity index (χ4n) is 4.26. The summed E-state index contributed by atoms with van der Waals surface area (Å²) in [6.07, 6.45) is 2.13. The zero-order valence-electron chi connectivity index (χ0n) is 12.1. The van der Waals surface area contributed by atoms with Crippen LogP contribution < -0.4 is 0 Å². The highest BCUT2D eigenvalue weighted by molar-refractivity contribution is 5.85. The highest BCUT2D eigenvalue weighted by Crippen LogP contribution is 2.60. The Morgan fingerprint density at radius 1 is 1.25 bits per heavy atom. The van der Waals surface area contributed by atoms with Gasteiger partial charge >= 0.3 is 0 Å². The molecule has 2 saturated heterocycles. The molecular formula is C17H21NO2. The molecule has 1 aromatic carbocycles. The average Bonchev–Trinajstić information content (AvgIpc) is 2.85. The highest BCUT2D eigenvalue weighted by atomic mass is 16.5. The van der Waals surface area contributed by atoms with Crippen LogP contribution in [0.3, 0.4) is 0 Å². The molecule has 3 heteroatoms. The van der Waals surface area contributed by atoms with Crippen molar-refractivity contribution in [3.63, 3.8) is 0 Å². The summed E-state index contributed by atoms with van der Waals surface area (Å²) in [5.74, 6) is 1.29. The number of ether oxygens (including phenoxy) is 1. The van der Waals surface area contributed by atoms with Gasteiger partial charge in [-0.25, -0.2) is 0 Å². The first-order valence-electron chi connectivity index (χ1n) is 7.69. The normalized spacial score (nSPS) is 38.9. The van der Waals surface area contributed by atoms with Crippen molar-refractivity contribution in [2.75, 3.05) is 6.61 Å². The standard InChI is InChI=1S/C17H21NO2/c1-11(2)15-10-20-17(12-6-4-3-5-7-12)14-9-8-13(14)16(19)18(15)17/h3-7,11,13-15H,8-10H2,1-2H3/t13?,14?,15-,17?/m1/s1. The van der Waals surface area contributed by atoms with Gasteiger partial charge in [-0.15, -0.1) is 0 Å². The molecule has 3 aliphatic rings. The summed E-state index contributed by atoms with van der Waals surface area (Å²) in [7, 11) is 0. The molecule has 0 radical (unpaired) electrons. The summed E-state index contributed by atoms with van der Waals surface area (Å²) in [5.41, 5.74) is 0.680. The Kier molecular flexibility index (Phi) is 2.53. The Morgan fingerprint density at radius 2 is 2.00 bits per heavy atom. The summed E-state index contributed by atoms with van der Waals surface area (Å²) >= 11 is 0. The molecule has 2 heterocycles. The second-order valence-electron chi connectivity index (χ2n) is 6.68. The van der Waals surface area contributed by atoms with Gasteiger partial charge in [0.05, 0.1) is 12.6 Å². The maximum Gasteiger partial charge on any atom is 0.229 e. The van der Waals surface area contributed by atoms with Crippen LogP contribution in [-0.2, 0) is 15.3 Å². The van der Waals surface area contributed by atoms with Crippen LogP contribution in [0.2, 0.25) is 0 Å². The van der Waals surface area contributed by atoms with Crippen molar-refractivity contribution in [1.29, 1.82) is 0 Å². The van der Waals surface area contributed by atoms with Crippen molar-refractivity contribution in [3.8, 4) is 0 Å². The van der Waals surface area contributed by atoms with Crippen molar-refractivity contribution < 1.29 is 9.53 Å². The van der Waals surface area contributed by atoms with E-state index in [4.69, 9.17) is 4.74 Å². The molecule has 3 fully saturated rings. The van der Waals surface area contributed by atoms with Gasteiger partial charge in [0.2, 0.25) is 5.91 Å². The number of carbonyl (C=O) groups excluding carboxylic acids is 1. The van der Waals surface area contributed by atoms with Crippen LogP contribution in [0.1, 0.15) is 32.3 Å². The Hall–Kier alpha value is -1.35. The Labute approximate surface area is 119 Å². The first-order valence-corrected chi connectivity index (χ1v) is 7.69. The number of carbonyl (C=O) groups is 1. The lowest BCUT2D eigenvalue weighted by atomic mass is 9.69. The largest absolute Gasteiger partial charge is 0.349 e. The Balaban J connectivity index is 1.85. The van der Waals surface area contributed by atoms with E-state index in [1.807, 2.05) is 18.2 Å². The predicted molar refractivity (Wildman–Crippen MR) is 75.8 cm³/mol. The van der Waals surface area contributed by atoms with E-state index in [0.29, 0.717) is 24.3 Å². The van der Waals surface area contributed by atoms with Gasteiger partial charge in [0.25, 0.3) is 0 Å². The number of nitrogens with zero attached hydrogens (tertiary/aromatic N) is 1. The lowest BCUT2D eigenvalue weighted by Crippen LogP contribution is -2.47. The molecule has 0 N–H and O–H groups in total. The summed E-state index contributed by atoms with van der Waals surface area (Å²) < 4.78 is 6.33. The van der Waals surface area contributed by atoms with Gasteiger partial charge in [0.1, 0.15) is 0 Å². The Morgan fingerprint density at radius 3 is 2.60 bits per heavy atom. The van der Waals surface area contributed by atoms with Gasteiger partial charge in [-0.2, -0.15) is 0 Å². The van der Waals surface area contributed by atoms with Gasteiger partial charge < -0.3 is 9.64 Å². The van der Waals surface area contributed by atoms with E-state index in [1.54, 1.807) is 0 Å². The number of benzene rings is 1. The third-order valence-electron chi connectivity index (χ3n) is 5.45. The Bertz CT molecular complexity index is 541. The third kappa shape index (κ3) is 1.32. The van der Waals surface area contributed by atoms with E-state index in [1.165, 1.54) is 0 Å². The molecular weight excluding hydrogens is 250 g/mol. The van der Waals surface area contributed by atoms with Gasteiger partial charge in [-0.3, -0.25) is 4.79 Å². The average molecular weight is 271 g/mol. The van der Waals surface area contributed by atoms with Crippen LogP contribution in [0.15, 0.2) is 30.3 Å². The molecule has 2 aliphatic heterocycles. The van der Waals surface area contributed by atoms with E-state index < -0.39 is 5.72 Å². The fourth-order valence-corrected chi connectivity index (χ4v) is 4.26. The van der Waals surface area contributed by atoms with E-state index in [9.17, 15) is 4.79 Å². The molecule has 0 aromatic heterocycles. The smallest absolute Gasteiger partial charge is 0.229 e. The fraction of sp³-hybridized carbons (Fsp3) is 0.588. The molecule has 3 nitrogen and oxygen atoms in total. The molecule has 4 atom stereocenters. The maximum absolute atomic E-state index is 12.8. The second kappa shape index (κ2) is 4.08. The zero-order valence-corrected chi connectivity index (χ0v) is 12.1. The molecule has 3 unspecified atom stereocenters. The van der Waals surface area contributed by atoms with E-state index in [2.05, 4.69) is 30.9 Å². The van der Waals surface area contributed by atoms with E-state index >= 15 is 0 Å². The van der Waals surface area contributed by atoms with Gasteiger partial charge in [-0.05, 0) is 18.8 Å². The van der Waals surface area contributed by atoms with E-state index in [0.717, 1.165) is 18.4 Å². The first-order chi connectivity index (χ1) is 9.66. The van der Waals surface area contributed by atoms with Crippen LogP contribution in [0.5, 0.6) is 0 Å². The van der Waals surface area contributed by atoms with Crippen LogP contribution in [0.4, 0.5) is 0 Å². The van der Waals surface area contributed by atoms with Gasteiger partial charge in [-0.1, -0.05) is 44.2 Å². The predicted octanol–water partition coefficient (Wildman–Crippen LogP) is 2.76. The number of fused-ring (bicyclic) bond motifs is 3. The van der Waals surface area contributed by atoms with Crippen LogP contribution >= 0.6 is 0 Å². The summed E-state index contributed by atoms with van der Waals surface area (Å²) in [4.78, 5) is 14.9.